The number of carbonyl (C=O) groups is 1. The number of nitrogens with one attached hydrogen (secondary N) is 1. The van der Waals surface area contributed by atoms with E-state index in [0.29, 0.717) is 5.69 Å². The molecule has 0 amide bonds. The zero-order valence-corrected chi connectivity index (χ0v) is 19.7. The van der Waals surface area contributed by atoms with Crippen LogP contribution >= 0.6 is 11.3 Å². The molecule has 2 N–H and O–H groups in total. The minimum atomic E-state index is -3.77. The number of phenolic OH excluding ortho intramolecular Hbond substituents is 1. The number of sulfonamides is 1. The van der Waals surface area contributed by atoms with Crippen molar-refractivity contribution in [3.8, 4) is 16.2 Å². The highest BCUT2D eigenvalue weighted by atomic mass is 32.2. The predicted octanol–water partition coefficient (Wildman–Crippen LogP) is 2.54. The zero-order chi connectivity index (χ0) is 24.1. The summed E-state index contributed by atoms with van der Waals surface area (Å²) in [7, 11) is -2.50. The maximum atomic E-state index is 12.7. The van der Waals surface area contributed by atoms with Gasteiger partial charge in [-0.05, 0) is 35.9 Å². The third kappa shape index (κ3) is 5.47. The van der Waals surface area contributed by atoms with Crippen LogP contribution in [-0.2, 0) is 32.5 Å². The molecule has 1 aromatic carbocycles. The smallest absolute Gasteiger partial charge is 0.331 e. The van der Waals surface area contributed by atoms with Crippen molar-refractivity contribution in [3.05, 3.63) is 78.4 Å². The van der Waals surface area contributed by atoms with Gasteiger partial charge in [0.1, 0.15) is 9.96 Å². The first-order valence-corrected chi connectivity index (χ1v) is 12.4. The number of aromatic hydroxyl groups is 1. The topological polar surface area (TPSA) is 136 Å². The molecule has 0 radical (unpaired) electrons. The van der Waals surface area contributed by atoms with Crippen LogP contribution in [0, 0.1) is 0 Å². The largest absolute Gasteiger partial charge is 0.508 e. The molecule has 0 aliphatic rings. The number of aromatic nitrogens is 4. The van der Waals surface area contributed by atoms with Crippen molar-refractivity contribution < 1.29 is 23.1 Å². The lowest BCUT2D eigenvalue weighted by Crippen LogP contribution is -2.24. The summed E-state index contributed by atoms with van der Waals surface area (Å²) in [6.07, 6.45) is 5.08. The molecule has 12 heteroatoms. The molecule has 0 fully saturated rings. The number of rotatable bonds is 9. The standard InChI is InChI=1S/C22H21N5O5S2/c1-32-22(29)19(11-15-4-6-18(28)7-5-15)27-14-17(25-26-27)13-24-34(30,31)21-9-8-20(33-21)16-3-2-10-23-12-16/h2-10,12,14,19,24,28H,11,13H2,1H3. The van der Waals surface area contributed by atoms with Gasteiger partial charge in [-0.2, -0.15) is 0 Å². The molecule has 1 atom stereocenters. The van der Waals surface area contributed by atoms with Gasteiger partial charge in [0.25, 0.3) is 0 Å². The van der Waals surface area contributed by atoms with E-state index in [2.05, 4.69) is 20.0 Å². The summed E-state index contributed by atoms with van der Waals surface area (Å²) >= 11 is 1.14. The lowest BCUT2D eigenvalue weighted by Gasteiger charge is -2.14. The molecular formula is C22H21N5O5S2. The van der Waals surface area contributed by atoms with Crippen LogP contribution in [0.3, 0.4) is 0 Å². The Hall–Kier alpha value is -3.61. The summed E-state index contributed by atoms with van der Waals surface area (Å²) in [6.45, 7) is -0.102. The summed E-state index contributed by atoms with van der Waals surface area (Å²) in [6, 6.07) is 12.5. The molecule has 0 aliphatic heterocycles. The average molecular weight is 500 g/mol. The Labute approximate surface area is 199 Å². The number of benzene rings is 1. The van der Waals surface area contributed by atoms with E-state index in [0.717, 1.165) is 27.3 Å². The summed E-state index contributed by atoms with van der Waals surface area (Å²) in [5.74, 6) is -0.404. The first-order chi connectivity index (χ1) is 16.4. The molecule has 0 aliphatic carbocycles. The van der Waals surface area contributed by atoms with Crippen LogP contribution in [0.4, 0.5) is 0 Å². The van der Waals surface area contributed by atoms with Crippen molar-refractivity contribution >= 4 is 27.3 Å². The third-order valence-corrected chi connectivity index (χ3v) is 7.98. The molecule has 0 saturated carbocycles. The summed E-state index contributed by atoms with van der Waals surface area (Å²) in [5.41, 5.74) is 1.96. The van der Waals surface area contributed by atoms with Crippen LogP contribution in [0.1, 0.15) is 17.3 Å². The number of pyridine rings is 1. The number of hydrogen-bond donors (Lipinski definition) is 2. The number of hydrogen-bond acceptors (Lipinski definition) is 9. The van der Waals surface area contributed by atoms with Crippen molar-refractivity contribution in [1.82, 2.24) is 24.7 Å². The van der Waals surface area contributed by atoms with Gasteiger partial charge in [-0.3, -0.25) is 4.98 Å². The Balaban J connectivity index is 1.45. The van der Waals surface area contributed by atoms with Crippen molar-refractivity contribution in [2.45, 2.75) is 23.2 Å². The molecule has 1 unspecified atom stereocenters. The highest BCUT2D eigenvalue weighted by Crippen LogP contribution is 2.30. The molecule has 0 spiro atoms. The third-order valence-electron chi connectivity index (χ3n) is 4.95. The number of thiophene rings is 1. The van der Waals surface area contributed by atoms with Gasteiger partial charge in [-0.15, -0.1) is 16.4 Å². The molecule has 4 rings (SSSR count). The van der Waals surface area contributed by atoms with Crippen LogP contribution in [0.15, 0.2) is 71.3 Å². The summed E-state index contributed by atoms with van der Waals surface area (Å²) in [5, 5.41) is 17.4. The van der Waals surface area contributed by atoms with Gasteiger partial charge in [0.05, 0.1) is 25.5 Å². The Morgan fingerprint density at radius 1 is 1.21 bits per heavy atom. The van der Waals surface area contributed by atoms with Crippen LogP contribution < -0.4 is 4.72 Å². The average Bonchev–Trinajstić information content (AvgIpc) is 3.53. The fourth-order valence-electron chi connectivity index (χ4n) is 3.19. The van der Waals surface area contributed by atoms with Gasteiger partial charge in [0, 0.05) is 29.3 Å². The predicted molar refractivity (Wildman–Crippen MR) is 124 cm³/mol. The monoisotopic (exact) mass is 499 g/mol. The minimum Gasteiger partial charge on any atom is -0.508 e. The van der Waals surface area contributed by atoms with Crippen LogP contribution in [0.25, 0.3) is 10.4 Å². The fraction of sp³-hybridized carbons (Fsp3) is 0.182. The Kier molecular flexibility index (Phi) is 7.01. The first-order valence-electron chi connectivity index (χ1n) is 10.1. The number of esters is 1. The zero-order valence-electron chi connectivity index (χ0n) is 18.0. The van der Waals surface area contributed by atoms with Crippen molar-refractivity contribution in [1.29, 1.82) is 0 Å². The van der Waals surface area contributed by atoms with Crippen LogP contribution in [0.5, 0.6) is 5.75 Å². The molecule has 0 bridgehead atoms. The second kappa shape index (κ2) is 10.1. The number of nitrogens with zero attached hydrogens (tertiary/aromatic N) is 4. The number of methoxy groups -OCH3 is 1. The van der Waals surface area contributed by atoms with Crippen LogP contribution in [-0.4, -0.2) is 46.6 Å². The van der Waals surface area contributed by atoms with Crippen molar-refractivity contribution in [2.75, 3.05) is 7.11 Å². The normalized spacial score (nSPS) is 12.4. The Bertz CT molecular complexity index is 1370. The molecule has 3 aromatic heterocycles. The van der Waals surface area contributed by atoms with Gasteiger partial charge < -0.3 is 9.84 Å². The maximum absolute atomic E-state index is 12.7. The number of ether oxygens (including phenoxy) is 1. The molecular weight excluding hydrogens is 478 g/mol. The number of phenols is 1. The number of carbonyl (C=O) groups excluding carboxylic acids is 1. The van der Waals surface area contributed by atoms with Gasteiger partial charge in [0.2, 0.25) is 10.0 Å². The molecule has 0 saturated heterocycles. The van der Waals surface area contributed by atoms with Gasteiger partial charge >= 0.3 is 5.97 Å². The molecule has 34 heavy (non-hydrogen) atoms. The van der Waals surface area contributed by atoms with E-state index in [4.69, 9.17) is 4.74 Å². The second-order valence-corrected chi connectivity index (χ2v) is 10.4. The van der Waals surface area contributed by atoms with Gasteiger partial charge in [-0.25, -0.2) is 22.6 Å². The highest BCUT2D eigenvalue weighted by Gasteiger charge is 2.24. The van der Waals surface area contributed by atoms with Crippen molar-refractivity contribution in [2.24, 2.45) is 0 Å². The van der Waals surface area contributed by atoms with E-state index in [9.17, 15) is 18.3 Å². The van der Waals surface area contributed by atoms with E-state index < -0.39 is 22.0 Å². The minimum absolute atomic E-state index is 0.102. The van der Waals surface area contributed by atoms with Gasteiger partial charge in [0.15, 0.2) is 6.04 Å². The van der Waals surface area contributed by atoms with E-state index in [1.165, 1.54) is 36.2 Å². The van der Waals surface area contributed by atoms with Crippen LogP contribution in [0.2, 0.25) is 0 Å². The SMILES string of the molecule is COC(=O)C(Cc1ccc(O)cc1)n1cc(CNS(=O)(=O)c2ccc(-c3cccnc3)s2)nn1. The fourth-order valence-corrected chi connectivity index (χ4v) is 5.53. The maximum Gasteiger partial charge on any atom is 0.331 e. The molecule has 4 aromatic rings. The second-order valence-electron chi connectivity index (χ2n) is 7.28. The quantitative estimate of drug-likeness (QED) is 0.335. The summed E-state index contributed by atoms with van der Waals surface area (Å²) in [4.78, 5) is 17.2. The van der Waals surface area contributed by atoms with E-state index in [1.807, 2.05) is 6.07 Å². The Morgan fingerprint density at radius 3 is 2.71 bits per heavy atom. The Morgan fingerprint density at radius 2 is 2.00 bits per heavy atom. The lowest BCUT2D eigenvalue weighted by molar-refractivity contribution is -0.144. The summed E-state index contributed by atoms with van der Waals surface area (Å²) < 4.78 is 34.4. The van der Waals surface area contributed by atoms with E-state index in [-0.39, 0.29) is 22.9 Å². The first kappa shape index (κ1) is 23.5. The molecule has 10 nitrogen and oxygen atoms in total. The van der Waals surface area contributed by atoms with E-state index in [1.54, 1.807) is 36.7 Å². The highest BCUT2D eigenvalue weighted by molar-refractivity contribution is 7.91. The molecule has 3 heterocycles. The van der Waals surface area contributed by atoms with Gasteiger partial charge in [-0.1, -0.05) is 23.4 Å². The van der Waals surface area contributed by atoms with E-state index >= 15 is 0 Å². The van der Waals surface area contributed by atoms with Crippen molar-refractivity contribution in [3.63, 3.8) is 0 Å². The molecule has 176 valence electrons. The lowest BCUT2D eigenvalue weighted by atomic mass is 10.1.